The number of hydrogen-bond donors (Lipinski definition) is 1. The molecule has 3 aromatic carbocycles. The summed E-state index contributed by atoms with van der Waals surface area (Å²) in [5, 5.41) is 21.4. The molecular weight excluding hydrogens is 358 g/mol. The van der Waals surface area contributed by atoms with E-state index in [4.69, 9.17) is 5.26 Å². The second-order valence-electron chi connectivity index (χ2n) is 7.84. The van der Waals surface area contributed by atoms with E-state index in [0.29, 0.717) is 22.3 Å². The Bertz CT molecular complexity index is 1140. The van der Waals surface area contributed by atoms with Crippen LogP contribution in [0.5, 0.6) is 0 Å². The molecule has 0 amide bonds. The smallest absolute Gasteiger partial charge is 0.173 e. The van der Waals surface area contributed by atoms with Gasteiger partial charge in [0.05, 0.1) is 17.0 Å². The number of Topliss-reactive ketones (excluding diaryl/α,β-unsaturated/α-hetero) is 1. The zero-order valence-corrected chi connectivity index (χ0v) is 16.4. The van der Waals surface area contributed by atoms with E-state index in [1.165, 1.54) is 0 Å². The summed E-state index contributed by atoms with van der Waals surface area (Å²) >= 11 is 0. The van der Waals surface area contributed by atoms with Crippen LogP contribution in [0.2, 0.25) is 0 Å². The molecule has 1 N–H and O–H groups in total. The van der Waals surface area contributed by atoms with Crippen molar-refractivity contribution in [1.82, 2.24) is 0 Å². The van der Waals surface area contributed by atoms with Crippen LogP contribution in [-0.4, -0.2) is 10.9 Å². The molecule has 1 aliphatic carbocycles. The van der Waals surface area contributed by atoms with Crippen LogP contribution in [0.3, 0.4) is 0 Å². The van der Waals surface area contributed by atoms with Crippen LogP contribution in [0, 0.1) is 16.7 Å². The van der Waals surface area contributed by atoms with Gasteiger partial charge in [-0.25, -0.2) is 0 Å². The zero-order chi connectivity index (χ0) is 20.6. The van der Waals surface area contributed by atoms with Crippen molar-refractivity contribution in [2.24, 2.45) is 5.41 Å². The molecule has 3 nitrogen and oxygen atoms in total. The first-order chi connectivity index (χ1) is 13.9. The normalized spacial score (nSPS) is 20.6. The predicted molar refractivity (Wildman–Crippen MR) is 114 cm³/mol. The van der Waals surface area contributed by atoms with Gasteiger partial charge < -0.3 is 5.11 Å². The number of carbonyl (C=O) groups is 1. The molecule has 1 atom stereocenters. The van der Waals surface area contributed by atoms with Crippen molar-refractivity contribution < 1.29 is 9.90 Å². The molecule has 0 radical (unpaired) electrons. The molecule has 3 aromatic rings. The van der Waals surface area contributed by atoms with Gasteiger partial charge in [0.2, 0.25) is 0 Å². The lowest BCUT2D eigenvalue weighted by Gasteiger charge is -2.38. The number of allylic oxidation sites excluding steroid dienone is 1. The third-order valence-corrected chi connectivity index (χ3v) is 5.87. The molecule has 4 rings (SSSR count). The first-order valence-corrected chi connectivity index (χ1v) is 9.54. The van der Waals surface area contributed by atoms with E-state index >= 15 is 0 Å². The molecule has 1 unspecified atom stereocenters. The Kier molecular flexibility index (Phi) is 4.45. The third-order valence-electron chi connectivity index (χ3n) is 5.87. The summed E-state index contributed by atoms with van der Waals surface area (Å²) in [6.45, 7) is 3.57. The minimum absolute atomic E-state index is 0.102. The molecule has 0 bridgehead atoms. The lowest BCUT2D eigenvalue weighted by molar-refractivity contribution is -0.129. The molecule has 0 aliphatic heterocycles. The van der Waals surface area contributed by atoms with Crippen LogP contribution >= 0.6 is 0 Å². The number of ketones is 1. The van der Waals surface area contributed by atoms with Crippen molar-refractivity contribution >= 4 is 16.9 Å². The van der Waals surface area contributed by atoms with Crippen LogP contribution in [0.4, 0.5) is 0 Å². The lowest BCUT2D eigenvalue weighted by Crippen LogP contribution is -2.43. The predicted octanol–water partition coefficient (Wildman–Crippen LogP) is 4.97. The Labute approximate surface area is 170 Å². The summed E-state index contributed by atoms with van der Waals surface area (Å²) in [5.74, 6) is -0.102. The average molecular weight is 379 g/mol. The van der Waals surface area contributed by atoms with E-state index in [2.05, 4.69) is 6.07 Å². The fourth-order valence-electron chi connectivity index (χ4n) is 4.21. The zero-order valence-electron chi connectivity index (χ0n) is 16.4. The van der Waals surface area contributed by atoms with E-state index in [9.17, 15) is 9.90 Å². The van der Waals surface area contributed by atoms with Crippen molar-refractivity contribution in [2.75, 3.05) is 0 Å². The second kappa shape index (κ2) is 6.84. The van der Waals surface area contributed by atoms with Crippen LogP contribution in [-0.2, 0) is 10.4 Å². The Morgan fingerprint density at radius 3 is 1.83 bits per heavy atom. The van der Waals surface area contributed by atoms with E-state index in [0.717, 1.165) is 11.1 Å². The summed E-state index contributed by atoms with van der Waals surface area (Å²) < 4.78 is 0. The van der Waals surface area contributed by atoms with E-state index in [-0.39, 0.29) is 5.78 Å². The molecule has 3 heteroatoms. The number of nitriles is 1. The minimum Gasteiger partial charge on any atom is -0.379 e. The standard InChI is InChI=1S/C26H21NO2/c1-25(2)24(28)22(19-9-5-3-6-10-19)23(20-11-7-4-8-12-20)26(25,29)21-15-13-18(17-27)14-16-21/h3-16,29H,1-2H3. The van der Waals surface area contributed by atoms with Gasteiger partial charge in [-0.05, 0) is 42.7 Å². The van der Waals surface area contributed by atoms with Gasteiger partial charge in [-0.1, -0.05) is 72.8 Å². The molecule has 142 valence electrons. The molecule has 0 saturated carbocycles. The SMILES string of the molecule is CC1(C)C(=O)C(c2ccccc2)=C(c2ccccc2)C1(O)c1ccc(C#N)cc1. The molecular formula is C26H21NO2. The monoisotopic (exact) mass is 379 g/mol. The Morgan fingerprint density at radius 1 is 0.793 bits per heavy atom. The van der Waals surface area contributed by atoms with Gasteiger partial charge in [-0.2, -0.15) is 5.26 Å². The van der Waals surface area contributed by atoms with Crippen LogP contribution in [0.25, 0.3) is 11.1 Å². The summed E-state index contributed by atoms with van der Waals surface area (Å²) in [6, 6.07) is 28.0. The molecule has 29 heavy (non-hydrogen) atoms. The topological polar surface area (TPSA) is 61.1 Å². The van der Waals surface area contributed by atoms with E-state index in [1.807, 2.05) is 60.7 Å². The maximum Gasteiger partial charge on any atom is 0.173 e. The number of nitrogens with zero attached hydrogens (tertiary/aromatic N) is 1. The third kappa shape index (κ3) is 2.73. The number of benzene rings is 3. The summed E-state index contributed by atoms with van der Waals surface area (Å²) in [7, 11) is 0. The van der Waals surface area contributed by atoms with Crippen molar-refractivity contribution in [2.45, 2.75) is 19.4 Å². The first kappa shape index (κ1) is 18.9. The largest absolute Gasteiger partial charge is 0.379 e. The summed E-state index contributed by atoms with van der Waals surface area (Å²) in [4.78, 5) is 13.7. The fraction of sp³-hybridized carbons (Fsp3) is 0.154. The fourth-order valence-corrected chi connectivity index (χ4v) is 4.21. The van der Waals surface area contributed by atoms with Crippen molar-refractivity contribution in [3.8, 4) is 6.07 Å². The number of aliphatic hydroxyl groups is 1. The Balaban J connectivity index is 2.08. The molecule has 0 spiro atoms. The maximum absolute atomic E-state index is 13.7. The quantitative estimate of drug-likeness (QED) is 0.699. The van der Waals surface area contributed by atoms with Crippen LogP contribution in [0.15, 0.2) is 84.9 Å². The second-order valence-corrected chi connectivity index (χ2v) is 7.84. The molecule has 1 aliphatic rings. The van der Waals surface area contributed by atoms with Gasteiger partial charge in [0.15, 0.2) is 5.78 Å². The maximum atomic E-state index is 13.7. The van der Waals surface area contributed by atoms with Gasteiger partial charge in [0.25, 0.3) is 0 Å². The lowest BCUT2D eigenvalue weighted by atomic mass is 9.68. The van der Waals surface area contributed by atoms with Gasteiger partial charge in [0, 0.05) is 11.1 Å². The van der Waals surface area contributed by atoms with E-state index in [1.54, 1.807) is 38.1 Å². The number of carbonyl (C=O) groups excluding carboxylic acids is 1. The average Bonchev–Trinajstić information content (AvgIpc) is 2.93. The van der Waals surface area contributed by atoms with Gasteiger partial charge >= 0.3 is 0 Å². The molecule has 0 heterocycles. The van der Waals surface area contributed by atoms with Crippen LogP contribution < -0.4 is 0 Å². The van der Waals surface area contributed by atoms with Gasteiger partial charge in [-0.3, -0.25) is 4.79 Å². The highest BCUT2D eigenvalue weighted by Crippen LogP contribution is 2.59. The Hall–Kier alpha value is -3.48. The van der Waals surface area contributed by atoms with Crippen molar-refractivity contribution in [3.05, 3.63) is 107 Å². The van der Waals surface area contributed by atoms with E-state index < -0.39 is 11.0 Å². The molecule has 0 aromatic heterocycles. The Morgan fingerprint density at radius 2 is 1.31 bits per heavy atom. The van der Waals surface area contributed by atoms with Gasteiger partial charge in [0.1, 0.15) is 5.60 Å². The van der Waals surface area contributed by atoms with Crippen molar-refractivity contribution in [1.29, 1.82) is 5.26 Å². The molecule has 0 fully saturated rings. The highest BCUT2D eigenvalue weighted by molar-refractivity contribution is 6.35. The minimum atomic E-state index is -1.54. The molecule has 0 saturated heterocycles. The van der Waals surface area contributed by atoms with Gasteiger partial charge in [-0.15, -0.1) is 0 Å². The number of rotatable bonds is 3. The van der Waals surface area contributed by atoms with Crippen LogP contribution in [0.1, 0.15) is 36.1 Å². The first-order valence-electron chi connectivity index (χ1n) is 9.54. The highest BCUT2D eigenvalue weighted by Gasteiger charge is 2.59. The number of hydrogen-bond acceptors (Lipinski definition) is 3. The van der Waals surface area contributed by atoms with Crippen molar-refractivity contribution in [3.63, 3.8) is 0 Å². The summed E-state index contributed by atoms with van der Waals surface area (Å²) in [5.41, 5.74) is 1.21. The summed E-state index contributed by atoms with van der Waals surface area (Å²) in [6.07, 6.45) is 0. The highest BCUT2D eigenvalue weighted by atomic mass is 16.3.